The fraction of sp³-hybridized carbons (Fsp3) is 0.769. The Labute approximate surface area is 122 Å². The SMILES string of the molecule is CC1(CNC(=O)N[C@H](CCCC(=O)O)C(=O)O)CCCO1. The number of carbonyl (C=O) groups excluding carboxylic acids is 1. The predicted octanol–water partition coefficient (Wildman–Crippen LogP) is 0.563. The molecule has 8 nitrogen and oxygen atoms in total. The van der Waals surface area contributed by atoms with Gasteiger partial charge in [-0.25, -0.2) is 9.59 Å². The van der Waals surface area contributed by atoms with Gasteiger partial charge in [-0.15, -0.1) is 0 Å². The van der Waals surface area contributed by atoms with E-state index in [2.05, 4.69) is 10.6 Å². The van der Waals surface area contributed by atoms with E-state index in [1.807, 2.05) is 6.92 Å². The van der Waals surface area contributed by atoms with E-state index in [1.165, 1.54) is 0 Å². The number of aliphatic carboxylic acids is 2. The molecule has 0 aromatic carbocycles. The maximum Gasteiger partial charge on any atom is 0.326 e. The van der Waals surface area contributed by atoms with Crippen molar-refractivity contribution in [3.05, 3.63) is 0 Å². The van der Waals surface area contributed by atoms with E-state index in [-0.39, 0.29) is 19.3 Å². The van der Waals surface area contributed by atoms with Gasteiger partial charge < -0.3 is 25.6 Å². The van der Waals surface area contributed by atoms with Crippen molar-refractivity contribution >= 4 is 18.0 Å². The number of nitrogens with one attached hydrogen (secondary N) is 2. The van der Waals surface area contributed by atoms with Crippen LogP contribution in [0.1, 0.15) is 39.0 Å². The number of amides is 2. The molecule has 8 heteroatoms. The molecule has 0 aromatic heterocycles. The summed E-state index contributed by atoms with van der Waals surface area (Å²) in [5.74, 6) is -2.17. The first-order valence-electron chi connectivity index (χ1n) is 6.95. The molecule has 120 valence electrons. The molecule has 0 radical (unpaired) electrons. The third kappa shape index (κ3) is 6.44. The minimum absolute atomic E-state index is 0.0722. The molecule has 0 spiro atoms. The Morgan fingerprint density at radius 1 is 1.33 bits per heavy atom. The van der Waals surface area contributed by atoms with Gasteiger partial charge in [0.15, 0.2) is 0 Å². The quantitative estimate of drug-likeness (QED) is 0.519. The summed E-state index contributed by atoms with van der Waals surface area (Å²) in [6.45, 7) is 2.86. The maximum atomic E-state index is 11.7. The maximum absolute atomic E-state index is 11.7. The molecule has 1 unspecified atom stereocenters. The Bertz CT molecular complexity index is 392. The van der Waals surface area contributed by atoms with E-state index in [0.29, 0.717) is 13.2 Å². The molecule has 1 saturated heterocycles. The predicted molar refractivity (Wildman–Crippen MR) is 73.0 cm³/mol. The van der Waals surface area contributed by atoms with Gasteiger partial charge in [-0.3, -0.25) is 4.79 Å². The average molecular weight is 302 g/mol. The molecule has 21 heavy (non-hydrogen) atoms. The summed E-state index contributed by atoms with van der Waals surface area (Å²) in [6.07, 6.45) is 1.91. The second-order valence-electron chi connectivity index (χ2n) is 5.41. The lowest BCUT2D eigenvalue weighted by Crippen LogP contribution is -2.49. The Morgan fingerprint density at radius 3 is 2.57 bits per heavy atom. The van der Waals surface area contributed by atoms with Crippen LogP contribution in [-0.2, 0) is 14.3 Å². The van der Waals surface area contributed by atoms with Crippen LogP contribution in [0.15, 0.2) is 0 Å². The zero-order chi connectivity index (χ0) is 15.9. The fourth-order valence-electron chi connectivity index (χ4n) is 2.17. The lowest BCUT2D eigenvalue weighted by Gasteiger charge is -2.24. The van der Waals surface area contributed by atoms with Gasteiger partial charge in [0.2, 0.25) is 0 Å². The summed E-state index contributed by atoms with van der Waals surface area (Å²) in [5, 5.41) is 22.5. The van der Waals surface area contributed by atoms with Gasteiger partial charge in [-0.05, 0) is 32.6 Å². The number of hydrogen-bond donors (Lipinski definition) is 4. The topological polar surface area (TPSA) is 125 Å². The molecule has 1 aliphatic rings. The number of hydrogen-bond acceptors (Lipinski definition) is 4. The van der Waals surface area contributed by atoms with Crippen LogP contribution in [0.25, 0.3) is 0 Å². The van der Waals surface area contributed by atoms with Crippen molar-refractivity contribution in [3.8, 4) is 0 Å². The van der Waals surface area contributed by atoms with Crippen LogP contribution in [0.5, 0.6) is 0 Å². The van der Waals surface area contributed by atoms with Crippen molar-refractivity contribution in [2.75, 3.05) is 13.2 Å². The zero-order valence-electron chi connectivity index (χ0n) is 12.1. The summed E-state index contributed by atoms with van der Waals surface area (Å²) in [7, 11) is 0. The molecule has 1 aliphatic heterocycles. The summed E-state index contributed by atoms with van der Waals surface area (Å²) < 4.78 is 5.51. The van der Waals surface area contributed by atoms with Crippen LogP contribution in [0.2, 0.25) is 0 Å². The molecule has 2 atom stereocenters. The lowest BCUT2D eigenvalue weighted by atomic mass is 10.0. The van der Waals surface area contributed by atoms with Crippen LogP contribution < -0.4 is 10.6 Å². The molecular weight excluding hydrogens is 280 g/mol. The summed E-state index contributed by atoms with van der Waals surface area (Å²) in [5.41, 5.74) is -0.403. The smallest absolute Gasteiger partial charge is 0.326 e. The van der Waals surface area contributed by atoms with Crippen molar-refractivity contribution in [1.29, 1.82) is 0 Å². The molecule has 0 saturated carbocycles. The fourth-order valence-corrected chi connectivity index (χ4v) is 2.17. The number of carboxylic acids is 2. The van der Waals surface area contributed by atoms with E-state index in [9.17, 15) is 14.4 Å². The number of rotatable bonds is 8. The summed E-state index contributed by atoms with van der Waals surface area (Å²) in [4.78, 5) is 33.1. The van der Waals surface area contributed by atoms with Gasteiger partial charge in [0.1, 0.15) is 6.04 Å². The van der Waals surface area contributed by atoms with Crippen molar-refractivity contribution in [2.24, 2.45) is 0 Å². The average Bonchev–Trinajstić information content (AvgIpc) is 2.82. The van der Waals surface area contributed by atoms with Gasteiger partial charge >= 0.3 is 18.0 Å². The van der Waals surface area contributed by atoms with E-state index in [0.717, 1.165) is 12.8 Å². The van der Waals surface area contributed by atoms with E-state index in [1.54, 1.807) is 0 Å². The lowest BCUT2D eigenvalue weighted by molar-refractivity contribution is -0.140. The van der Waals surface area contributed by atoms with Crippen LogP contribution in [-0.4, -0.2) is 53.0 Å². The van der Waals surface area contributed by atoms with Gasteiger partial charge in [0.25, 0.3) is 0 Å². The van der Waals surface area contributed by atoms with Gasteiger partial charge in [0.05, 0.1) is 5.60 Å². The summed E-state index contributed by atoms with van der Waals surface area (Å²) in [6, 6.07) is -1.68. The molecular formula is C13H22N2O6. The molecule has 1 heterocycles. The third-order valence-corrected chi connectivity index (χ3v) is 3.41. The largest absolute Gasteiger partial charge is 0.481 e. The number of ether oxygens (including phenoxy) is 1. The Balaban J connectivity index is 2.34. The van der Waals surface area contributed by atoms with Gasteiger partial charge in [-0.2, -0.15) is 0 Å². The van der Waals surface area contributed by atoms with Gasteiger partial charge in [0, 0.05) is 19.6 Å². The first-order valence-corrected chi connectivity index (χ1v) is 6.95. The Kier molecular flexibility index (Phi) is 6.41. The van der Waals surface area contributed by atoms with E-state index >= 15 is 0 Å². The first kappa shape index (κ1) is 17.2. The van der Waals surface area contributed by atoms with E-state index in [4.69, 9.17) is 14.9 Å². The highest BCUT2D eigenvalue weighted by Crippen LogP contribution is 2.23. The highest BCUT2D eigenvalue weighted by atomic mass is 16.5. The Morgan fingerprint density at radius 2 is 2.05 bits per heavy atom. The van der Waals surface area contributed by atoms with Gasteiger partial charge in [-0.1, -0.05) is 0 Å². The van der Waals surface area contributed by atoms with Crippen molar-refractivity contribution < 1.29 is 29.3 Å². The number of carbonyl (C=O) groups is 3. The van der Waals surface area contributed by atoms with Crippen LogP contribution in [0.3, 0.4) is 0 Å². The molecule has 4 N–H and O–H groups in total. The second kappa shape index (κ2) is 7.82. The standard InChI is InChI=1S/C13H22N2O6/c1-13(6-3-7-21-13)8-14-12(20)15-9(11(18)19)4-2-5-10(16)17/h9H,2-8H2,1H3,(H,16,17)(H,18,19)(H2,14,15,20)/t9-,13?/m1/s1. The Hall–Kier alpha value is -1.83. The highest BCUT2D eigenvalue weighted by Gasteiger charge is 2.30. The highest BCUT2D eigenvalue weighted by molar-refractivity contribution is 5.82. The minimum atomic E-state index is -1.18. The molecule has 1 fully saturated rings. The van der Waals surface area contributed by atoms with Crippen LogP contribution in [0, 0.1) is 0 Å². The molecule has 2 amide bonds. The minimum Gasteiger partial charge on any atom is -0.481 e. The van der Waals surface area contributed by atoms with E-state index < -0.39 is 29.6 Å². The number of urea groups is 1. The molecule has 0 aliphatic carbocycles. The summed E-state index contributed by atoms with van der Waals surface area (Å²) >= 11 is 0. The third-order valence-electron chi connectivity index (χ3n) is 3.41. The van der Waals surface area contributed by atoms with Crippen molar-refractivity contribution in [1.82, 2.24) is 10.6 Å². The molecule has 0 bridgehead atoms. The molecule has 0 aromatic rings. The number of carboxylic acid groups (broad SMARTS) is 2. The monoisotopic (exact) mass is 302 g/mol. The van der Waals surface area contributed by atoms with Crippen molar-refractivity contribution in [3.63, 3.8) is 0 Å². The first-order chi connectivity index (χ1) is 9.82. The normalized spacial score (nSPS) is 22.5. The van der Waals surface area contributed by atoms with Crippen molar-refractivity contribution in [2.45, 2.75) is 50.7 Å². The zero-order valence-corrected chi connectivity index (χ0v) is 12.1. The van der Waals surface area contributed by atoms with Crippen LogP contribution in [0.4, 0.5) is 4.79 Å². The molecule has 1 rings (SSSR count). The second-order valence-corrected chi connectivity index (χ2v) is 5.41. The van der Waals surface area contributed by atoms with Crippen LogP contribution >= 0.6 is 0 Å².